The minimum atomic E-state index is -0.442. The van der Waals surface area contributed by atoms with E-state index in [4.69, 9.17) is 4.74 Å². The number of carbonyl (C=O) groups is 1. The van der Waals surface area contributed by atoms with E-state index in [1.807, 2.05) is 17.5 Å². The molecule has 0 bridgehead atoms. The predicted octanol–water partition coefficient (Wildman–Crippen LogP) is 5.95. The van der Waals surface area contributed by atoms with Gasteiger partial charge < -0.3 is 10.1 Å². The standard InChI is InChI=1S/C23H25N3O4S/c1-15(2)20-11-10-19(13-16(20)3)30-12-4-5-22(27)25-23-24-21(14-31-23)17-6-8-18(9-7-17)26(28)29/h6-11,13-15H,4-5,12H2,1-3H3,(H,24,25,27). The van der Waals surface area contributed by atoms with E-state index >= 15 is 0 Å². The lowest BCUT2D eigenvalue weighted by Crippen LogP contribution is -2.12. The number of thiazole rings is 1. The molecule has 0 saturated carbocycles. The van der Waals surface area contributed by atoms with E-state index in [9.17, 15) is 14.9 Å². The molecule has 0 aliphatic carbocycles. The Morgan fingerprint density at radius 2 is 1.97 bits per heavy atom. The first-order valence-electron chi connectivity index (χ1n) is 10.1. The molecule has 0 saturated heterocycles. The number of benzene rings is 2. The number of nitro groups is 1. The molecular weight excluding hydrogens is 414 g/mol. The summed E-state index contributed by atoms with van der Waals surface area (Å²) in [6.45, 7) is 6.87. The lowest BCUT2D eigenvalue weighted by molar-refractivity contribution is -0.384. The summed E-state index contributed by atoms with van der Waals surface area (Å²) in [5.74, 6) is 1.17. The highest BCUT2D eigenvalue weighted by Crippen LogP contribution is 2.27. The Balaban J connectivity index is 1.45. The van der Waals surface area contributed by atoms with Crippen molar-refractivity contribution in [2.45, 2.75) is 39.5 Å². The number of anilines is 1. The number of rotatable bonds is 9. The molecular formula is C23H25N3O4S. The van der Waals surface area contributed by atoms with Crippen LogP contribution in [0.4, 0.5) is 10.8 Å². The Morgan fingerprint density at radius 3 is 2.61 bits per heavy atom. The third kappa shape index (κ3) is 6.11. The van der Waals surface area contributed by atoms with Crippen LogP contribution in [0.3, 0.4) is 0 Å². The largest absolute Gasteiger partial charge is 0.494 e. The second-order valence-electron chi connectivity index (χ2n) is 7.52. The van der Waals surface area contributed by atoms with E-state index in [0.29, 0.717) is 36.2 Å². The first-order valence-corrected chi connectivity index (χ1v) is 10.9. The Labute approximate surface area is 185 Å². The number of ether oxygens (including phenoxy) is 1. The molecule has 0 radical (unpaired) electrons. The fraction of sp³-hybridized carbons (Fsp3) is 0.304. The number of aryl methyl sites for hydroxylation is 1. The number of hydrogen-bond donors (Lipinski definition) is 1. The van der Waals surface area contributed by atoms with Crippen LogP contribution in [0.15, 0.2) is 47.8 Å². The van der Waals surface area contributed by atoms with Gasteiger partial charge in [-0.25, -0.2) is 4.98 Å². The SMILES string of the molecule is Cc1cc(OCCCC(=O)Nc2nc(-c3ccc([N+](=O)[O-])cc3)cs2)ccc1C(C)C. The van der Waals surface area contributed by atoms with Gasteiger partial charge in [0.1, 0.15) is 5.75 Å². The first-order chi connectivity index (χ1) is 14.8. The molecule has 1 N–H and O–H groups in total. The molecule has 3 aromatic rings. The van der Waals surface area contributed by atoms with Crippen LogP contribution < -0.4 is 10.1 Å². The van der Waals surface area contributed by atoms with Gasteiger partial charge in [0.15, 0.2) is 5.13 Å². The van der Waals surface area contributed by atoms with Crippen molar-refractivity contribution < 1.29 is 14.5 Å². The average molecular weight is 440 g/mol. The van der Waals surface area contributed by atoms with E-state index < -0.39 is 4.92 Å². The summed E-state index contributed by atoms with van der Waals surface area (Å²) in [5.41, 5.74) is 3.97. The van der Waals surface area contributed by atoms with Crippen molar-refractivity contribution in [3.8, 4) is 17.0 Å². The van der Waals surface area contributed by atoms with Gasteiger partial charge in [0.25, 0.3) is 5.69 Å². The van der Waals surface area contributed by atoms with Crippen LogP contribution >= 0.6 is 11.3 Å². The fourth-order valence-electron chi connectivity index (χ4n) is 3.21. The molecule has 2 aromatic carbocycles. The zero-order chi connectivity index (χ0) is 22.4. The molecule has 8 heteroatoms. The fourth-order valence-corrected chi connectivity index (χ4v) is 3.94. The van der Waals surface area contributed by atoms with Crippen LogP contribution in [0.5, 0.6) is 5.75 Å². The van der Waals surface area contributed by atoms with Crippen LogP contribution in [-0.4, -0.2) is 22.4 Å². The molecule has 7 nitrogen and oxygen atoms in total. The van der Waals surface area contributed by atoms with Crippen molar-refractivity contribution >= 4 is 28.1 Å². The van der Waals surface area contributed by atoms with Gasteiger partial charge in [-0.2, -0.15) is 0 Å². The highest BCUT2D eigenvalue weighted by Gasteiger charge is 2.10. The Morgan fingerprint density at radius 1 is 1.23 bits per heavy atom. The van der Waals surface area contributed by atoms with E-state index in [0.717, 1.165) is 11.3 Å². The molecule has 1 aromatic heterocycles. The number of non-ortho nitro benzene ring substituents is 1. The van der Waals surface area contributed by atoms with Crippen molar-refractivity contribution in [1.82, 2.24) is 4.98 Å². The highest BCUT2D eigenvalue weighted by molar-refractivity contribution is 7.14. The molecule has 1 amide bonds. The molecule has 31 heavy (non-hydrogen) atoms. The van der Waals surface area contributed by atoms with Crippen LogP contribution in [0.2, 0.25) is 0 Å². The Bertz CT molecular complexity index is 1060. The maximum Gasteiger partial charge on any atom is 0.269 e. The first kappa shape index (κ1) is 22.4. The molecule has 0 aliphatic heterocycles. The minimum Gasteiger partial charge on any atom is -0.494 e. The molecule has 3 rings (SSSR count). The third-order valence-electron chi connectivity index (χ3n) is 4.80. The average Bonchev–Trinajstić information content (AvgIpc) is 3.19. The van der Waals surface area contributed by atoms with Gasteiger partial charge >= 0.3 is 0 Å². The van der Waals surface area contributed by atoms with Gasteiger partial charge in [-0.3, -0.25) is 14.9 Å². The maximum absolute atomic E-state index is 12.2. The van der Waals surface area contributed by atoms with Crippen LogP contribution in [0, 0.1) is 17.0 Å². The number of hydrogen-bond acceptors (Lipinski definition) is 6. The van der Waals surface area contributed by atoms with Gasteiger partial charge in [0.2, 0.25) is 5.91 Å². The summed E-state index contributed by atoms with van der Waals surface area (Å²) >= 11 is 1.32. The topological polar surface area (TPSA) is 94.4 Å². The maximum atomic E-state index is 12.2. The van der Waals surface area contributed by atoms with E-state index in [1.165, 1.54) is 34.6 Å². The monoisotopic (exact) mass is 439 g/mol. The Hall–Kier alpha value is -3.26. The summed E-state index contributed by atoms with van der Waals surface area (Å²) < 4.78 is 5.77. The second kappa shape index (κ2) is 10.2. The van der Waals surface area contributed by atoms with Gasteiger partial charge in [-0.15, -0.1) is 11.3 Å². The van der Waals surface area contributed by atoms with Crippen LogP contribution in [-0.2, 0) is 4.79 Å². The van der Waals surface area contributed by atoms with Crippen molar-refractivity contribution in [2.75, 3.05) is 11.9 Å². The number of amides is 1. The van der Waals surface area contributed by atoms with Gasteiger partial charge in [-0.1, -0.05) is 19.9 Å². The summed E-state index contributed by atoms with van der Waals surface area (Å²) in [4.78, 5) is 26.9. The quantitative estimate of drug-likeness (QED) is 0.253. The van der Waals surface area contributed by atoms with Crippen molar-refractivity contribution in [3.63, 3.8) is 0 Å². The second-order valence-corrected chi connectivity index (χ2v) is 8.37. The number of carbonyl (C=O) groups excluding carboxylic acids is 1. The normalized spacial score (nSPS) is 10.8. The summed E-state index contributed by atoms with van der Waals surface area (Å²) in [6.07, 6.45) is 0.924. The lowest BCUT2D eigenvalue weighted by atomic mass is 9.98. The highest BCUT2D eigenvalue weighted by atomic mass is 32.1. The Kier molecular flexibility index (Phi) is 7.36. The minimum absolute atomic E-state index is 0.0285. The summed E-state index contributed by atoms with van der Waals surface area (Å²) in [7, 11) is 0. The van der Waals surface area contributed by atoms with Gasteiger partial charge in [-0.05, 0) is 54.7 Å². The van der Waals surface area contributed by atoms with Crippen LogP contribution in [0.25, 0.3) is 11.3 Å². The van der Waals surface area contributed by atoms with Gasteiger partial charge in [0.05, 0.1) is 17.2 Å². The zero-order valence-electron chi connectivity index (χ0n) is 17.8. The van der Waals surface area contributed by atoms with Crippen molar-refractivity contribution in [1.29, 1.82) is 0 Å². The molecule has 0 atom stereocenters. The third-order valence-corrected chi connectivity index (χ3v) is 5.56. The molecule has 0 unspecified atom stereocenters. The smallest absolute Gasteiger partial charge is 0.269 e. The molecule has 162 valence electrons. The zero-order valence-corrected chi connectivity index (χ0v) is 18.6. The van der Waals surface area contributed by atoms with Crippen LogP contribution in [0.1, 0.15) is 43.7 Å². The van der Waals surface area contributed by atoms with Gasteiger partial charge in [0, 0.05) is 29.5 Å². The van der Waals surface area contributed by atoms with E-state index in [1.54, 1.807) is 12.1 Å². The van der Waals surface area contributed by atoms with Crippen molar-refractivity contribution in [2.24, 2.45) is 0 Å². The molecule has 0 fully saturated rings. The molecule has 0 aliphatic rings. The number of nitrogens with zero attached hydrogens (tertiary/aromatic N) is 2. The lowest BCUT2D eigenvalue weighted by Gasteiger charge is -2.12. The summed E-state index contributed by atoms with van der Waals surface area (Å²) in [6, 6.07) is 12.3. The molecule has 1 heterocycles. The number of nitrogens with one attached hydrogen (secondary N) is 1. The predicted molar refractivity (Wildman–Crippen MR) is 123 cm³/mol. The molecule has 0 spiro atoms. The summed E-state index contributed by atoms with van der Waals surface area (Å²) in [5, 5.41) is 15.9. The van der Waals surface area contributed by atoms with E-state index in [2.05, 4.69) is 37.1 Å². The number of aromatic nitrogens is 1. The number of nitro benzene ring substituents is 1. The van der Waals surface area contributed by atoms with E-state index in [-0.39, 0.29) is 11.6 Å². The van der Waals surface area contributed by atoms with Crippen molar-refractivity contribution in [3.05, 3.63) is 69.1 Å².